The highest BCUT2D eigenvalue weighted by Gasteiger charge is 2.32. The number of piperidine rings is 1. The summed E-state index contributed by atoms with van der Waals surface area (Å²) in [6.45, 7) is -0.902. The summed E-state index contributed by atoms with van der Waals surface area (Å²) in [5, 5.41) is 11.5. The maximum absolute atomic E-state index is 12.6. The van der Waals surface area contributed by atoms with Crippen LogP contribution in [0.1, 0.15) is 23.3 Å². The molecule has 134 valence electrons. The SMILES string of the molecule is O=C(c1ncc2ccccc2c1O)N1CCCC(OCC(F)(F)F)C1. The second-order valence-corrected chi connectivity index (χ2v) is 5.98. The van der Waals surface area contributed by atoms with Gasteiger partial charge in [0.25, 0.3) is 5.91 Å². The van der Waals surface area contributed by atoms with E-state index in [2.05, 4.69) is 4.98 Å². The number of carbonyl (C=O) groups excluding carboxylic acids is 1. The molecule has 1 atom stereocenters. The van der Waals surface area contributed by atoms with Crippen LogP contribution in [-0.2, 0) is 4.74 Å². The first-order valence-corrected chi connectivity index (χ1v) is 7.89. The Bertz CT molecular complexity index is 779. The maximum atomic E-state index is 12.6. The van der Waals surface area contributed by atoms with Crippen LogP contribution in [0.3, 0.4) is 0 Å². The zero-order valence-electron chi connectivity index (χ0n) is 13.3. The molecule has 25 heavy (non-hydrogen) atoms. The monoisotopic (exact) mass is 354 g/mol. The van der Waals surface area contributed by atoms with E-state index in [1.54, 1.807) is 24.3 Å². The Labute approximate surface area is 142 Å². The second-order valence-electron chi connectivity index (χ2n) is 5.98. The Hall–Kier alpha value is -2.35. The third-order valence-electron chi connectivity index (χ3n) is 4.12. The number of hydrogen-bond donors (Lipinski definition) is 1. The topological polar surface area (TPSA) is 62.7 Å². The van der Waals surface area contributed by atoms with Crippen molar-refractivity contribution >= 4 is 16.7 Å². The zero-order valence-corrected chi connectivity index (χ0v) is 13.3. The van der Waals surface area contributed by atoms with Crippen LogP contribution in [0.15, 0.2) is 30.5 Å². The number of hydrogen-bond acceptors (Lipinski definition) is 4. The Morgan fingerprint density at radius 2 is 2.12 bits per heavy atom. The van der Waals surface area contributed by atoms with Gasteiger partial charge in [0, 0.05) is 30.1 Å². The van der Waals surface area contributed by atoms with Crippen molar-refractivity contribution in [3.63, 3.8) is 0 Å². The van der Waals surface area contributed by atoms with Gasteiger partial charge in [-0.15, -0.1) is 0 Å². The predicted octanol–water partition coefficient (Wildman–Crippen LogP) is 3.12. The number of ether oxygens (including phenoxy) is 1. The molecular formula is C17H17F3N2O3. The second kappa shape index (κ2) is 6.87. The van der Waals surface area contributed by atoms with E-state index in [9.17, 15) is 23.1 Å². The van der Waals surface area contributed by atoms with Gasteiger partial charge < -0.3 is 14.7 Å². The fraction of sp³-hybridized carbons (Fsp3) is 0.412. The van der Waals surface area contributed by atoms with E-state index in [4.69, 9.17) is 4.74 Å². The number of fused-ring (bicyclic) bond motifs is 1. The van der Waals surface area contributed by atoms with Crippen LogP contribution < -0.4 is 0 Å². The molecule has 3 rings (SSSR count). The number of likely N-dealkylation sites (tertiary alicyclic amines) is 1. The highest BCUT2D eigenvalue weighted by molar-refractivity contribution is 6.01. The number of nitrogens with zero attached hydrogens (tertiary/aromatic N) is 2. The number of halogens is 3. The molecule has 5 nitrogen and oxygen atoms in total. The van der Waals surface area contributed by atoms with E-state index >= 15 is 0 Å². The zero-order chi connectivity index (χ0) is 18.0. The lowest BCUT2D eigenvalue weighted by molar-refractivity contribution is -0.188. The van der Waals surface area contributed by atoms with Gasteiger partial charge in [0.15, 0.2) is 11.4 Å². The minimum Gasteiger partial charge on any atom is -0.505 e. The van der Waals surface area contributed by atoms with Crippen LogP contribution in [-0.4, -0.2) is 52.9 Å². The van der Waals surface area contributed by atoms with Crippen LogP contribution in [0.4, 0.5) is 13.2 Å². The number of carbonyl (C=O) groups is 1. The molecule has 8 heteroatoms. The number of amides is 1. The Balaban J connectivity index is 1.75. The molecule has 1 aliphatic rings. The molecule has 1 saturated heterocycles. The number of aromatic hydroxyl groups is 1. The first-order chi connectivity index (χ1) is 11.8. The molecule has 1 N–H and O–H groups in total. The van der Waals surface area contributed by atoms with Gasteiger partial charge in [-0.25, -0.2) is 4.98 Å². The average Bonchev–Trinajstić information content (AvgIpc) is 2.60. The van der Waals surface area contributed by atoms with Crippen molar-refractivity contribution in [3.8, 4) is 5.75 Å². The van der Waals surface area contributed by atoms with Gasteiger partial charge in [-0.2, -0.15) is 13.2 Å². The van der Waals surface area contributed by atoms with Crippen molar-refractivity contribution in [2.45, 2.75) is 25.1 Å². The van der Waals surface area contributed by atoms with E-state index in [0.717, 1.165) is 0 Å². The van der Waals surface area contributed by atoms with Crippen LogP contribution in [0.5, 0.6) is 5.75 Å². The first kappa shape index (κ1) is 17.5. The summed E-state index contributed by atoms with van der Waals surface area (Å²) in [5.74, 6) is -0.731. The number of rotatable bonds is 3. The fourth-order valence-electron chi connectivity index (χ4n) is 2.93. The summed E-state index contributed by atoms with van der Waals surface area (Å²) in [7, 11) is 0. The molecule has 1 fully saturated rings. The van der Waals surface area contributed by atoms with E-state index < -0.39 is 24.8 Å². The van der Waals surface area contributed by atoms with Gasteiger partial charge in [-0.3, -0.25) is 4.79 Å². The average molecular weight is 354 g/mol. The summed E-state index contributed by atoms with van der Waals surface area (Å²) < 4.78 is 41.7. The molecular weight excluding hydrogens is 337 g/mol. The van der Waals surface area contributed by atoms with E-state index in [-0.39, 0.29) is 18.0 Å². The Morgan fingerprint density at radius 3 is 2.88 bits per heavy atom. The first-order valence-electron chi connectivity index (χ1n) is 7.89. The van der Waals surface area contributed by atoms with Crippen LogP contribution in [0, 0.1) is 0 Å². The van der Waals surface area contributed by atoms with Gasteiger partial charge in [0.2, 0.25) is 0 Å². The summed E-state index contributed by atoms with van der Waals surface area (Å²) >= 11 is 0. The van der Waals surface area contributed by atoms with Crippen LogP contribution >= 0.6 is 0 Å². The summed E-state index contributed by atoms with van der Waals surface area (Å²) in [6, 6.07) is 6.96. The number of alkyl halides is 3. The Kier molecular flexibility index (Phi) is 4.80. The summed E-state index contributed by atoms with van der Waals surface area (Å²) in [6.07, 6.45) is -2.60. The largest absolute Gasteiger partial charge is 0.505 e. The smallest absolute Gasteiger partial charge is 0.411 e. The van der Waals surface area contributed by atoms with Gasteiger partial charge in [-0.1, -0.05) is 24.3 Å². The van der Waals surface area contributed by atoms with Gasteiger partial charge in [-0.05, 0) is 12.8 Å². The standard InChI is InChI=1S/C17H17F3N2O3/c18-17(19,20)10-25-12-5-3-7-22(9-12)16(24)14-15(23)13-6-2-1-4-11(13)8-21-14/h1-2,4,6,8,12,23H,3,5,7,9-10H2. The predicted molar refractivity (Wildman–Crippen MR) is 84.3 cm³/mol. The van der Waals surface area contributed by atoms with E-state index in [1.165, 1.54) is 11.1 Å². The van der Waals surface area contributed by atoms with Crippen molar-refractivity contribution in [2.24, 2.45) is 0 Å². The van der Waals surface area contributed by atoms with E-state index in [0.29, 0.717) is 30.2 Å². The molecule has 1 amide bonds. The van der Waals surface area contributed by atoms with Crippen molar-refractivity contribution in [2.75, 3.05) is 19.7 Å². The molecule has 0 saturated carbocycles. The van der Waals surface area contributed by atoms with Crippen molar-refractivity contribution in [1.82, 2.24) is 9.88 Å². The summed E-state index contributed by atoms with van der Waals surface area (Å²) in [5.41, 5.74) is -0.102. The normalized spacial score (nSPS) is 18.5. The van der Waals surface area contributed by atoms with E-state index in [1.807, 2.05) is 0 Å². The quantitative estimate of drug-likeness (QED) is 0.920. The minimum atomic E-state index is -4.40. The molecule has 2 heterocycles. The lowest BCUT2D eigenvalue weighted by Gasteiger charge is -2.32. The minimum absolute atomic E-state index is 0.0445. The molecule has 1 aromatic carbocycles. The molecule has 0 spiro atoms. The summed E-state index contributed by atoms with van der Waals surface area (Å²) in [4.78, 5) is 18.0. The van der Waals surface area contributed by atoms with Crippen LogP contribution in [0.25, 0.3) is 10.8 Å². The molecule has 0 aliphatic carbocycles. The van der Waals surface area contributed by atoms with Crippen molar-refractivity contribution in [1.29, 1.82) is 0 Å². The number of pyridine rings is 1. The van der Waals surface area contributed by atoms with Gasteiger partial charge >= 0.3 is 6.18 Å². The fourth-order valence-corrected chi connectivity index (χ4v) is 2.93. The number of benzene rings is 1. The van der Waals surface area contributed by atoms with Crippen molar-refractivity contribution < 1.29 is 27.8 Å². The van der Waals surface area contributed by atoms with Crippen LogP contribution in [0.2, 0.25) is 0 Å². The van der Waals surface area contributed by atoms with Gasteiger partial charge in [0.05, 0.1) is 6.10 Å². The molecule has 0 radical (unpaired) electrons. The molecule has 1 aromatic heterocycles. The highest BCUT2D eigenvalue weighted by Crippen LogP contribution is 2.28. The highest BCUT2D eigenvalue weighted by atomic mass is 19.4. The molecule has 0 bridgehead atoms. The lowest BCUT2D eigenvalue weighted by atomic mass is 10.1. The molecule has 1 unspecified atom stereocenters. The molecule has 1 aliphatic heterocycles. The lowest BCUT2D eigenvalue weighted by Crippen LogP contribution is -2.44. The third kappa shape index (κ3) is 4.01. The number of aromatic nitrogens is 1. The Morgan fingerprint density at radius 1 is 1.36 bits per heavy atom. The van der Waals surface area contributed by atoms with Crippen molar-refractivity contribution in [3.05, 3.63) is 36.2 Å². The third-order valence-corrected chi connectivity index (χ3v) is 4.12. The van der Waals surface area contributed by atoms with Gasteiger partial charge in [0.1, 0.15) is 6.61 Å². The molecule has 2 aromatic rings. The maximum Gasteiger partial charge on any atom is 0.411 e.